The van der Waals surface area contributed by atoms with Gasteiger partial charge in [-0.1, -0.05) is 0 Å². The van der Waals surface area contributed by atoms with Gasteiger partial charge in [-0.15, -0.1) is 11.6 Å². The van der Waals surface area contributed by atoms with E-state index in [2.05, 4.69) is 0 Å². The standard InChI is InChI=1S/C13H10ClF3O/c1-6-3-8(7(2)18-6)13(14)9-4-11(16)12(17)5-10(9)15/h3-5,13H,1-2H3. The van der Waals surface area contributed by atoms with Crippen LogP contribution in [0.5, 0.6) is 0 Å². The largest absolute Gasteiger partial charge is 0.466 e. The lowest BCUT2D eigenvalue weighted by Crippen LogP contribution is -2.00. The van der Waals surface area contributed by atoms with Crippen LogP contribution in [-0.4, -0.2) is 0 Å². The molecule has 0 radical (unpaired) electrons. The predicted molar refractivity (Wildman–Crippen MR) is 62.2 cm³/mol. The van der Waals surface area contributed by atoms with Crippen LogP contribution in [0.4, 0.5) is 13.2 Å². The maximum atomic E-state index is 13.6. The van der Waals surface area contributed by atoms with Gasteiger partial charge in [-0.2, -0.15) is 0 Å². The van der Waals surface area contributed by atoms with Gasteiger partial charge in [-0.05, 0) is 26.0 Å². The summed E-state index contributed by atoms with van der Waals surface area (Å²) in [6.45, 7) is 3.40. The smallest absolute Gasteiger partial charge is 0.161 e. The van der Waals surface area contributed by atoms with Gasteiger partial charge in [0.05, 0.1) is 5.38 Å². The number of aryl methyl sites for hydroxylation is 2. The van der Waals surface area contributed by atoms with Crippen LogP contribution in [0.2, 0.25) is 0 Å². The summed E-state index contributed by atoms with van der Waals surface area (Å²) in [5, 5.41) is -0.919. The summed E-state index contributed by atoms with van der Waals surface area (Å²) < 4.78 is 44.8. The molecule has 2 aromatic rings. The summed E-state index contributed by atoms with van der Waals surface area (Å²) in [7, 11) is 0. The lowest BCUT2D eigenvalue weighted by atomic mass is 10.0. The highest BCUT2D eigenvalue weighted by atomic mass is 35.5. The van der Waals surface area contributed by atoms with Crippen molar-refractivity contribution in [3.8, 4) is 0 Å². The number of benzene rings is 1. The van der Waals surface area contributed by atoms with Crippen LogP contribution in [0.1, 0.15) is 28.0 Å². The maximum absolute atomic E-state index is 13.6. The van der Waals surface area contributed by atoms with Gasteiger partial charge in [0.15, 0.2) is 11.6 Å². The third-order valence-electron chi connectivity index (χ3n) is 2.67. The van der Waals surface area contributed by atoms with E-state index >= 15 is 0 Å². The molecule has 96 valence electrons. The van der Waals surface area contributed by atoms with Crippen LogP contribution < -0.4 is 0 Å². The first-order valence-electron chi connectivity index (χ1n) is 5.25. The lowest BCUT2D eigenvalue weighted by molar-refractivity contribution is 0.489. The first-order chi connectivity index (χ1) is 8.40. The fourth-order valence-electron chi connectivity index (χ4n) is 1.80. The van der Waals surface area contributed by atoms with Crippen molar-refractivity contribution < 1.29 is 17.6 Å². The molecule has 1 aromatic carbocycles. The molecule has 0 aliphatic rings. The minimum Gasteiger partial charge on any atom is -0.466 e. The number of hydrogen-bond acceptors (Lipinski definition) is 1. The molecule has 0 fully saturated rings. The van der Waals surface area contributed by atoms with Gasteiger partial charge in [-0.3, -0.25) is 0 Å². The molecule has 0 N–H and O–H groups in total. The van der Waals surface area contributed by atoms with E-state index in [4.69, 9.17) is 16.0 Å². The van der Waals surface area contributed by atoms with Crippen molar-refractivity contribution in [3.05, 3.63) is 58.3 Å². The molecule has 0 saturated carbocycles. The number of rotatable bonds is 2. The van der Waals surface area contributed by atoms with Crippen molar-refractivity contribution in [2.75, 3.05) is 0 Å². The fraction of sp³-hybridized carbons (Fsp3) is 0.231. The molecule has 0 amide bonds. The zero-order chi connectivity index (χ0) is 13.4. The average Bonchev–Trinajstić information content (AvgIpc) is 2.62. The quantitative estimate of drug-likeness (QED) is 0.574. The summed E-state index contributed by atoms with van der Waals surface area (Å²) in [5.74, 6) is -2.10. The number of furan rings is 1. The topological polar surface area (TPSA) is 13.1 Å². The molecule has 0 saturated heterocycles. The molecule has 0 aliphatic carbocycles. The van der Waals surface area contributed by atoms with Crippen molar-refractivity contribution in [1.29, 1.82) is 0 Å². The second kappa shape index (κ2) is 4.69. The molecule has 5 heteroatoms. The normalized spacial score (nSPS) is 12.8. The van der Waals surface area contributed by atoms with E-state index in [0.717, 1.165) is 6.07 Å². The second-order valence-electron chi connectivity index (χ2n) is 4.02. The summed E-state index contributed by atoms with van der Waals surface area (Å²) in [6, 6.07) is 2.90. The van der Waals surface area contributed by atoms with E-state index in [1.54, 1.807) is 19.9 Å². The van der Waals surface area contributed by atoms with Crippen molar-refractivity contribution in [1.82, 2.24) is 0 Å². The van der Waals surface area contributed by atoms with Crippen molar-refractivity contribution >= 4 is 11.6 Å². The highest BCUT2D eigenvalue weighted by molar-refractivity contribution is 6.22. The van der Waals surface area contributed by atoms with Gasteiger partial charge in [0.1, 0.15) is 17.3 Å². The third-order valence-corrected chi connectivity index (χ3v) is 3.14. The van der Waals surface area contributed by atoms with Gasteiger partial charge in [0.25, 0.3) is 0 Å². The Hall–Kier alpha value is -1.42. The summed E-state index contributed by atoms with van der Waals surface area (Å²) in [4.78, 5) is 0. The number of halogens is 4. The van der Waals surface area contributed by atoms with E-state index in [9.17, 15) is 13.2 Å². The molecule has 1 unspecified atom stereocenters. The Morgan fingerprint density at radius 3 is 2.11 bits per heavy atom. The summed E-state index contributed by atoms with van der Waals surface area (Å²) in [5.41, 5.74) is 0.429. The molecule has 1 aromatic heterocycles. The van der Waals surface area contributed by atoms with Gasteiger partial charge >= 0.3 is 0 Å². The Morgan fingerprint density at radius 1 is 0.944 bits per heavy atom. The first kappa shape index (κ1) is 13.0. The molecule has 0 aliphatic heterocycles. The highest BCUT2D eigenvalue weighted by Crippen LogP contribution is 2.34. The molecule has 2 rings (SSSR count). The van der Waals surface area contributed by atoms with Crippen LogP contribution in [0, 0.1) is 31.3 Å². The SMILES string of the molecule is Cc1cc(C(Cl)c2cc(F)c(F)cc2F)c(C)o1. The zero-order valence-electron chi connectivity index (χ0n) is 9.73. The number of alkyl halides is 1. The van der Waals surface area contributed by atoms with Crippen LogP contribution in [0.3, 0.4) is 0 Å². The van der Waals surface area contributed by atoms with E-state index in [-0.39, 0.29) is 5.56 Å². The van der Waals surface area contributed by atoms with E-state index in [1.165, 1.54) is 0 Å². The maximum Gasteiger partial charge on any atom is 0.161 e. The van der Waals surface area contributed by atoms with Gasteiger partial charge in [0, 0.05) is 17.2 Å². The van der Waals surface area contributed by atoms with E-state index < -0.39 is 22.8 Å². The van der Waals surface area contributed by atoms with E-state index in [0.29, 0.717) is 23.2 Å². The molecule has 1 atom stereocenters. The van der Waals surface area contributed by atoms with Crippen LogP contribution in [-0.2, 0) is 0 Å². The Labute approximate surface area is 107 Å². The third kappa shape index (κ3) is 2.25. The first-order valence-corrected chi connectivity index (χ1v) is 5.69. The summed E-state index contributed by atoms with van der Waals surface area (Å²) >= 11 is 6.09. The highest BCUT2D eigenvalue weighted by Gasteiger charge is 2.22. The zero-order valence-corrected chi connectivity index (χ0v) is 10.5. The van der Waals surface area contributed by atoms with Crippen molar-refractivity contribution in [2.45, 2.75) is 19.2 Å². The molecular weight excluding hydrogens is 265 g/mol. The van der Waals surface area contributed by atoms with Crippen molar-refractivity contribution in [2.24, 2.45) is 0 Å². The minimum atomic E-state index is -1.24. The average molecular weight is 275 g/mol. The Bertz CT molecular complexity index is 592. The summed E-state index contributed by atoms with van der Waals surface area (Å²) in [6.07, 6.45) is 0. The predicted octanol–water partition coefficient (Wildman–Crippen LogP) is 4.64. The second-order valence-corrected chi connectivity index (χ2v) is 4.46. The molecular formula is C13H10ClF3O. The molecule has 1 heterocycles. The van der Waals surface area contributed by atoms with Gasteiger partial charge in [-0.25, -0.2) is 13.2 Å². The minimum absolute atomic E-state index is 0.112. The van der Waals surface area contributed by atoms with Crippen LogP contribution >= 0.6 is 11.6 Å². The van der Waals surface area contributed by atoms with Gasteiger partial charge < -0.3 is 4.42 Å². The molecule has 0 bridgehead atoms. The van der Waals surface area contributed by atoms with Gasteiger partial charge in [0.2, 0.25) is 0 Å². The lowest BCUT2D eigenvalue weighted by Gasteiger charge is -2.10. The van der Waals surface area contributed by atoms with E-state index in [1.807, 2.05) is 0 Å². The molecule has 1 nitrogen and oxygen atoms in total. The number of hydrogen-bond donors (Lipinski definition) is 0. The Morgan fingerprint density at radius 2 is 1.56 bits per heavy atom. The Balaban J connectivity index is 2.49. The molecule has 18 heavy (non-hydrogen) atoms. The van der Waals surface area contributed by atoms with Crippen LogP contribution in [0.15, 0.2) is 22.6 Å². The monoisotopic (exact) mass is 274 g/mol. The van der Waals surface area contributed by atoms with Crippen molar-refractivity contribution in [3.63, 3.8) is 0 Å². The Kier molecular flexibility index (Phi) is 3.39. The van der Waals surface area contributed by atoms with Crippen LogP contribution in [0.25, 0.3) is 0 Å². The molecule has 0 spiro atoms. The fourth-order valence-corrected chi connectivity index (χ4v) is 2.19.